The Morgan fingerprint density at radius 3 is 1.94 bits per heavy atom. The molecule has 0 unspecified atom stereocenters. The topological polar surface area (TPSA) is 13.1 Å². The Bertz CT molecular complexity index is 490. The SMILES string of the molecule is Cc1coc(C)c1-c1ccc(C(C)(C)C)cc1. The molecule has 0 spiro atoms. The summed E-state index contributed by atoms with van der Waals surface area (Å²) >= 11 is 0. The van der Waals surface area contributed by atoms with E-state index < -0.39 is 0 Å². The van der Waals surface area contributed by atoms with Gasteiger partial charge in [0.15, 0.2) is 0 Å². The van der Waals surface area contributed by atoms with E-state index in [-0.39, 0.29) is 5.41 Å². The van der Waals surface area contributed by atoms with Gasteiger partial charge in [-0.05, 0) is 36.0 Å². The molecular formula is C16H20O. The lowest BCUT2D eigenvalue weighted by Gasteiger charge is -2.19. The maximum absolute atomic E-state index is 5.45. The standard InChI is InChI=1S/C16H20O/c1-11-10-17-12(2)15(11)13-6-8-14(9-7-13)16(3,4)5/h6-10H,1-5H3. The van der Waals surface area contributed by atoms with Gasteiger partial charge in [0, 0.05) is 5.56 Å². The van der Waals surface area contributed by atoms with E-state index in [1.807, 2.05) is 13.2 Å². The second kappa shape index (κ2) is 4.06. The van der Waals surface area contributed by atoms with Gasteiger partial charge < -0.3 is 4.42 Å². The number of rotatable bonds is 1. The monoisotopic (exact) mass is 228 g/mol. The number of furan rings is 1. The summed E-state index contributed by atoms with van der Waals surface area (Å²) in [5.74, 6) is 0.992. The molecule has 0 aliphatic heterocycles. The lowest BCUT2D eigenvalue weighted by molar-refractivity contribution is 0.534. The highest BCUT2D eigenvalue weighted by molar-refractivity contribution is 5.69. The third-order valence-electron chi connectivity index (χ3n) is 3.20. The summed E-state index contributed by atoms with van der Waals surface area (Å²) in [5, 5.41) is 0. The Morgan fingerprint density at radius 2 is 1.53 bits per heavy atom. The van der Waals surface area contributed by atoms with Crippen LogP contribution in [0.15, 0.2) is 34.9 Å². The van der Waals surface area contributed by atoms with Crippen molar-refractivity contribution in [3.05, 3.63) is 47.4 Å². The first kappa shape index (κ1) is 12.0. The van der Waals surface area contributed by atoms with E-state index in [1.165, 1.54) is 22.3 Å². The van der Waals surface area contributed by atoms with Crippen molar-refractivity contribution in [1.82, 2.24) is 0 Å². The minimum atomic E-state index is 0.207. The van der Waals surface area contributed by atoms with Gasteiger partial charge in [0.25, 0.3) is 0 Å². The molecule has 0 radical (unpaired) electrons. The number of benzene rings is 1. The van der Waals surface area contributed by atoms with Crippen LogP contribution in [-0.2, 0) is 5.41 Å². The molecule has 1 aromatic carbocycles. The largest absolute Gasteiger partial charge is 0.469 e. The first-order valence-corrected chi connectivity index (χ1v) is 6.05. The Kier molecular flexibility index (Phi) is 2.86. The van der Waals surface area contributed by atoms with Gasteiger partial charge in [-0.2, -0.15) is 0 Å². The second-order valence-electron chi connectivity index (χ2n) is 5.68. The van der Waals surface area contributed by atoms with E-state index in [9.17, 15) is 0 Å². The van der Waals surface area contributed by atoms with Gasteiger partial charge in [0.1, 0.15) is 5.76 Å². The Morgan fingerprint density at radius 1 is 0.941 bits per heavy atom. The van der Waals surface area contributed by atoms with Crippen molar-refractivity contribution in [3.63, 3.8) is 0 Å². The number of aryl methyl sites for hydroxylation is 2. The first-order chi connectivity index (χ1) is 7.89. The molecule has 2 aromatic rings. The van der Waals surface area contributed by atoms with E-state index in [0.29, 0.717) is 0 Å². The van der Waals surface area contributed by atoms with Crippen LogP contribution in [0.3, 0.4) is 0 Å². The van der Waals surface area contributed by atoms with E-state index in [1.54, 1.807) is 0 Å². The van der Waals surface area contributed by atoms with Crippen molar-refractivity contribution in [2.24, 2.45) is 0 Å². The predicted molar refractivity (Wildman–Crippen MR) is 72.3 cm³/mol. The van der Waals surface area contributed by atoms with Crippen LogP contribution in [0.4, 0.5) is 0 Å². The molecule has 1 nitrogen and oxygen atoms in total. The van der Waals surface area contributed by atoms with Gasteiger partial charge in [-0.1, -0.05) is 45.0 Å². The minimum absolute atomic E-state index is 0.207. The third kappa shape index (κ3) is 2.28. The molecule has 0 N–H and O–H groups in total. The molecule has 1 aromatic heterocycles. The maximum Gasteiger partial charge on any atom is 0.108 e. The van der Waals surface area contributed by atoms with Crippen molar-refractivity contribution in [2.45, 2.75) is 40.0 Å². The van der Waals surface area contributed by atoms with Crippen LogP contribution in [0, 0.1) is 13.8 Å². The molecule has 0 saturated carbocycles. The van der Waals surface area contributed by atoms with Crippen LogP contribution in [0.1, 0.15) is 37.7 Å². The highest BCUT2D eigenvalue weighted by Gasteiger charge is 2.14. The molecule has 0 aliphatic carbocycles. The normalized spacial score (nSPS) is 11.8. The molecule has 1 heterocycles. The van der Waals surface area contributed by atoms with Gasteiger partial charge in [-0.25, -0.2) is 0 Å². The fraction of sp³-hybridized carbons (Fsp3) is 0.375. The molecule has 0 fully saturated rings. The van der Waals surface area contributed by atoms with Crippen molar-refractivity contribution < 1.29 is 4.42 Å². The van der Waals surface area contributed by atoms with Crippen molar-refractivity contribution in [3.8, 4) is 11.1 Å². The van der Waals surface area contributed by atoms with Crippen LogP contribution < -0.4 is 0 Å². The highest BCUT2D eigenvalue weighted by Crippen LogP contribution is 2.30. The van der Waals surface area contributed by atoms with Gasteiger partial charge in [0.05, 0.1) is 6.26 Å². The van der Waals surface area contributed by atoms with Crippen molar-refractivity contribution in [2.75, 3.05) is 0 Å². The van der Waals surface area contributed by atoms with Crippen LogP contribution >= 0.6 is 0 Å². The fourth-order valence-corrected chi connectivity index (χ4v) is 2.14. The Hall–Kier alpha value is -1.50. The zero-order valence-electron chi connectivity index (χ0n) is 11.3. The van der Waals surface area contributed by atoms with Crippen LogP contribution in [-0.4, -0.2) is 0 Å². The quantitative estimate of drug-likeness (QED) is 0.679. The molecule has 0 saturated heterocycles. The Labute approximate surface area is 103 Å². The van der Waals surface area contributed by atoms with Crippen LogP contribution in [0.5, 0.6) is 0 Å². The number of hydrogen-bond acceptors (Lipinski definition) is 1. The van der Waals surface area contributed by atoms with E-state index in [4.69, 9.17) is 4.42 Å². The summed E-state index contributed by atoms with van der Waals surface area (Å²) in [5.41, 5.74) is 5.23. The summed E-state index contributed by atoms with van der Waals surface area (Å²) in [6, 6.07) is 8.79. The van der Waals surface area contributed by atoms with E-state index in [2.05, 4.69) is 52.0 Å². The zero-order valence-corrected chi connectivity index (χ0v) is 11.3. The predicted octanol–water partition coefficient (Wildman–Crippen LogP) is 4.86. The van der Waals surface area contributed by atoms with E-state index >= 15 is 0 Å². The maximum atomic E-state index is 5.45. The lowest BCUT2D eigenvalue weighted by Crippen LogP contribution is -2.10. The summed E-state index contributed by atoms with van der Waals surface area (Å²) in [6.45, 7) is 10.8. The summed E-state index contributed by atoms with van der Waals surface area (Å²) in [7, 11) is 0. The van der Waals surface area contributed by atoms with Crippen molar-refractivity contribution in [1.29, 1.82) is 0 Å². The summed E-state index contributed by atoms with van der Waals surface area (Å²) in [4.78, 5) is 0. The Balaban J connectivity index is 2.43. The summed E-state index contributed by atoms with van der Waals surface area (Å²) < 4.78 is 5.45. The van der Waals surface area contributed by atoms with E-state index in [0.717, 1.165) is 5.76 Å². The fourth-order valence-electron chi connectivity index (χ4n) is 2.14. The van der Waals surface area contributed by atoms with Gasteiger partial charge in [-0.15, -0.1) is 0 Å². The average Bonchev–Trinajstić information content (AvgIpc) is 2.58. The molecule has 2 rings (SSSR count). The molecule has 0 bridgehead atoms. The van der Waals surface area contributed by atoms with Crippen molar-refractivity contribution >= 4 is 0 Å². The van der Waals surface area contributed by atoms with Crippen LogP contribution in [0.25, 0.3) is 11.1 Å². The lowest BCUT2D eigenvalue weighted by atomic mass is 9.86. The molecule has 90 valence electrons. The molecule has 0 aliphatic rings. The third-order valence-corrected chi connectivity index (χ3v) is 3.20. The van der Waals surface area contributed by atoms with Gasteiger partial charge >= 0.3 is 0 Å². The smallest absolute Gasteiger partial charge is 0.108 e. The van der Waals surface area contributed by atoms with Gasteiger partial charge in [-0.3, -0.25) is 0 Å². The zero-order chi connectivity index (χ0) is 12.6. The molecular weight excluding hydrogens is 208 g/mol. The van der Waals surface area contributed by atoms with Gasteiger partial charge in [0.2, 0.25) is 0 Å². The summed E-state index contributed by atoms with van der Waals surface area (Å²) in [6.07, 6.45) is 1.82. The molecule has 0 amide bonds. The molecule has 1 heteroatoms. The molecule has 0 atom stereocenters. The number of hydrogen-bond donors (Lipinski definition) is 0. The van der Waals surface area contributed by atoms with Crippen LogP contribution in [0.2, 0.25) is 0 Å². The molecule has 17 heavy (non-hydrogen) atoms. The average molecular weight is 228 g/mol. The highest BCUT2D eigenvalue weighted by atomic mass is 16.3. The first-order valence-electron chi connectivity index (χ1n) is 6.05. The second-order valence-corrected chi connectivity index (χ2v) is 5.68. The minimum Gasteiger partial charge on any atom is -0.469 e.